The van der Waals surface area contributed by atoms with Crippen LogP contribution in [0.15, 0.2) is 48.5 Å². The number of rotatable bonds is 5. The van der Waals surface area contributed by atoms with E-state index < -0.39 is 0 Å². The van der Waals surface area contributed by atoms with E-state index in [1.54, 1.807) is 7.11 Å². The summed E-state index contributed by atoms with van der Waals surface area (Å²) < 4.78 is 5.47. The van der Waals surface area contributed by atoms with Gasteiger partial charge in [0.25, 0.3) is 0 Å². The van der Waals surface area contributed by atoms with Crippen LogP contribution in [0.3, 0.4) is 0 Å². The third-order valence-electron chi connectivity index (χ3n) is 6.07. The van der Waals surface area contributed by atoms with E-state index in [-0.39, 0.29) is 17.7 Å². The van der Waals surface area contributed by atoms with Crippen molar-refractivity contribution in [1.82, 2.24) is 9.80 Å². The van der Waals surface area contributed by atoms with Gasteiger partial charge in [0.2, 0.25) is 11.8 Å². The fraction of sp³-hybridized carbons (Fsp3) is 0.417. The number of carbonyl (C=O) groups is 2. The summed E-state index contributed by atoms with van der Waals surface area (Å²) in [5.41, 5.74) is 3.37. The molecule has 2 heterocycles. The molecule has 2 aliphatic rings. The Morgan fingerprint density at radius 3 is 2.43 bits per heavy atom. The van der Waals surface area contributed by atoms with Crippen LogP contribution in [-0.4, -0.2) is 61.4 Å². The number of carbonyl (C=O) groups excluding carboxylic acids is 2. The summed E-state index contributed by atoms with van der Waals surface area (Å²) in [6, 6.07) is 16.2. The lowest BCUT2D eigenvalue weighted by atomic mass is 10.1. The maximum absolute atomic E-state index is 13.1. The van der Waals surface area contributed by atoms with Crippen molar-refractivity contribution in [1.29, 1.82) is 0 Å². The van der Waals surface area contributed by atoms with E-state index in [0.717, 1.165) is 30.1 Å². The van der Waals surface area contributed by atoms with Crippen LogP contribution in [0.5, 0.6) is 5.75 Å². The second kappa shape index (κ2) is 8.78. The maximum atomic E-state index is 13.1. The molecule has 0 aliphatic carbocycles. The van der Waals surface area contributed by atoms with Gasteiger partial charge in [-0.05, 0) is 24.6 Å². The first-order chi connectivity index (χ1) is 14.5. The van der Waals surface area contributed by atoms with Crippen LogP contribution in [0.25, 0.3) is 0 Å². The molecule has 0 aromatic heterocycles. The van der Waals surface area contributed by atoms with E-state index in [2.05, 4.69) is 35.2 Å². The Labute approximate surface area is 178 Å². The Morgan fingerprint density at radius 2 is 1.73 bits per heavy atom. The van der Waals surface area contributed by atoms with Crippen molar-refractivity contribution < 1.29 is 14.3 Å². The van der Waals surface area contributed by atoms with Crippen LogP contribution in [0.2, 0.25) is 0 Å². The van der Waals surface area contributed by atoms with Gasteiger partial charge in [-0.15, -0.1) is 0 Å². The van der Waals surface area contributed by atoms with E-state index in [4.69, 9.17) is 4.74 Å². The van der Waals surface area contributed by atoms with E-state index in [1.165, 1.54) is 5.56 Å². The first-order valence-electron chi connectivity index (χ1n) is 10.5. The van der Waals surface area contributed by atoms with Crippen molar-refractivity contribution in [2.75, 3.05) is 44.7 Å². The lowest BCUT2D eigenvalue weighted by Crippen LogP contribution is -2.50. The predicted octanol–water partition coefficient (Wildman–Crippen LogP) is 2.70. The fourth-order valence-electron chi connectivity index (χ4n) is 4.32. The number of hydrogen-bond donors (Lipinski definition) is 0. The second-order valence-corrected chi connectivity index (χ2v) is 8.15. The fourth-order valence-corrected chi connectivity index (χ4v) is 4.32. The largest absolute Gasteiger partial charge is 0.495 e. The zero-order valence-corrected chi connectivity index (χ0v) is 17.7. The quantitative estimate of drug-likeness (QED) is 0.765. The molecule has 1 atom stereocenters. The van der Waals surface area contributed by atoms with Crippen molar-refractivity contribution in [2.45, 2.75) is 19.9 Å². The number of benzene rings is 2. The Balaban J connectivity index is 1.33. The predicted molar refractivity (Wildman–Crippen MR) is 116 cm³/mol. The van der Waals surface area contributed by atoms with Crippen LogP contribution in [0.1, 0.15) is 17.5 Å². The molecule has 2 amide bonds. The minimum atomic E-state index is -0.235. The standard InChI is InChI=1S/C24H29N3O3/c1-18-7-9-19(10-8-18)16-27-17-20(15-23(27)28)24(29)26-13-11-25(12-14-26)21-5-3-4-6-22(21)30-2/h3-10,20H,11-17H2,1-2H3. The highest BCUT2D eigenvalue weighted by atomic mass is 16.5. The summed E-state index contributed by atoms with van der Waals surface area (Å²) in [5, 5.41) is 0. The third kappa shape index (κ3) is 4.27. The average Bonchev–Trinajstić information content (AvgIpc) is 3.15. The van der Waals surface area contributed by atoms with Crippen molar-refractivity contribution in [3.05, 3.63) is 59.7 Å². The van der Waals surface area contributed by atoms with Gasteiger partial charge >= 0.3 is 0 Å². The molecule has 158 valence electrons. The molecule has 6 heteroatoms. The number of piperazine rings is 1. The van der Waals surface area contributed by atoms with Crippen LogP contribution in [-0.2, 0) is 16.1 Å². The first kappa shape index (κ1) is 20.3. The second-order valence-electron chi connectivity index (χ2n) is 8.15. The first-order valence-corrected chi connectivity index (χ1v) is 10.5. The van der Waals surface area contributed by atoms with Gasteiger partial charge in [0, 0.05) is 45.7 Å². The number of nitrogens with zero attached hydrogens (tertiary/aromatic N) is 3. The van der Waals surface area contributed by atoms with Gasteiger partial charge in [0.05, 0.1) is 18.7 Å². The molecule has 2 fully saturated rings. The number of para-hydroxylation sites is 2. The van der Waals surface area contributed by atoms with E-state index in [1.807, 2.05) is 34.9 Å². The van der Waals surface area contributed by atoms with Gasteiger partial charge in [-0.1, -0.05) is 42.0 Å². The number of ether oxygens (including phenoxy) is 1. The Kier molecular flexibility index (Phi) is 5.93. The maximum Gasteiger partial charge on any atom is 0.228 e. The number of aryl methyl sites for hydroxylation is 1. The number of methoxy groups -OCH3 is 1. The van der Waals surface area contributed by atoms with Gasteiger partial charge in [-0.3, -0.25) is 9.59 Å². The van der Waals surface area contributed by atoms with Crippen LogP contribution in [0.4, 0.5) is 5.69 Å². The van der Waals surface area contributed by atoms with Crippen LogP contribution >= 0.6 is 0 Å². The van der Waals surface area contributed by atoms with Crippen molar-refractivity contribution in [3.8, 4) is 5.75 Å². The molecule has 30 heavy (non-hydrogen) atoms. The minimum Gasteiger partial charge on any atom is -0.495 e. The highest BCUT2D eigenvalue weighted by molar-refractivity contribution is 5.89. The van der Waals surface area contributed by atoms with Crippen molar-refractivity contribution >= 4 is 17.5 Å². The van der Waals surface area contributed by atoms with Crippen LogP contribution < -0.4 is 9.64 Å². The van der Waals surface area contributed by atoms with E-state index >= 15 is 0 Å². The zero-order valence-electron chi connectivity index (χ0n) is 17.7. The molecule has 2 aromatic rings. The normalized spacial score (nSPS) is 19.3. The SMILES string of the molecule is COc1ccccc1N1CCN(C(=O)C2CC(=O)N(Cc3ccc(C)cc3)C2)CC1. The lowest BCUT2D eigenvalue weighted by molar-refractivity contribution is -0.136. The zero-order chi connectivity index (χ0) is 21.1. The topological polar surface area (TPSA) is 53.1 Å². The monoisotopic (exact) mass is 407 g/mol. The molecule has 2 aliphatic heterocycles. The minimum absolute atomic E-state index is 0.0709. The average molecular weight is 408 g/mol. The highest BCUT2D eigenvalue weighted by Crippen LogP contribution is 2.29. The van der Waals surface area contributed by atoms with Gasteiger partial charge in [0.1, 0.15) is 5.75 Å². The molecule has 0 radical (unpaired) electrons. The molecular weight excluding hydrogens is 378 g/mol. The molecule has 1 unspecified atom stereocenters. The third-order valence-corrected chi connectivity index (χ3v) is 6.07. The van der Waals surface area contributed by atoms with Crippen molar-refractivity contribution in [2.24, 2.45) is 5.92 Å². The number of amides is 2. The molecule has 0 N–H and O–H groups in total. The number of likely N-dealkylation sites (tertiary alicyclic amines) is 1. The summed E-state index contributed by atoms with van der Waals surface area (Å²) in [6.07, 6.45) is 0.317. The molecular formula is C24H29N3O3. The molecule has 2 aromatic carbocycles. The van der Waals surface area contributed by atoms with Gasteiger partial charge < -0.3 is 19.4 Å². The van der Waals surface area contributed by atoms with E-state index in [0.29, 0.717) is 32.6 Å². The summed E-state index contributed by atoms with van der Waals surface area (Å²) in [5.74, 6) is 0.794. The van der Waals surface area contributed by atoms with Gasteiger partial charge in [-0.2, -0.15) is 0 Å². The Bertz CT molecular complexity index is 904. The molecule has 2 saturated heterocycles. The molecule has 6 nitrogen and oxygen atoms in total. The van der Waals surface area contributed by atoms with Gasteiger partial charge in [-0.25, -0.2) is 0 Å². The molecule has 0 bridgehead atoms. The summed E-state index contributed by atoms with van der Waals surface area (Å²) >= 11 is 0. The number of anilines is 1. The molecule has 4 rings (SSSR count). The summed E-state index contributed by atoms with van der Waals surface area (Å²) in [4.78, 5) is 31.5. The Morgan fingerprint density at radius 1 is 1.03 bits per heavy atom. The molecule has 0 saturated carbocycles. The lowest BCUT2D eigenvalue weighted by Gasteiger charge is -2.37. The van der Waals surface area contributed by atoms with Gasteiger partial charge in [0.15, 0.2) is 0 Å². The molecule has 0 spiro atoms. The summed E-state index contributed by atoms with van der Waals surface area (Å²) in [6.45, 7) is 5.99. The smallest absolute Gasteiger partial charge is 0.228 e. The van der Waals surface area contributed by atoms with E-state index in [9.17, 15) is 9.59 Å². The number of hydrogen-bond acceptors (Lipinski definition) is 4. The summed E-state index contributed by atoms with van der Waals surface area (Å²) in [7, 11) is 1.68. The Hall–Kier alpha value is -3.02. The highest BCUT2D eigenvalue weighted by Gasteiger charge is 2.37. The van der Waals surface area contributed by atoms with Crippen molar-refractivity contribution in [3.63, 3.8) is 0 Å². The van der Waals surface area contributed by atoms with Crippen LogP contribution in [0, 0.1) is 12.8 Å².